The molecule has 21 heavy (non-hydrogen) atoms. The van der Waals surface area contributed by atoms with Gasteiger partial charge in [0.15, 0.2) is 5.69 Å². The second kappa shape index (κ2) is 5.97. The summed E-state index contributed by atoms with van der Waals surface area (Å²) in [6.07, 6.45) is 2.05. The summed E-state index contributed by atoms with van der Waals surface area (Å²) in [6, 6.07) is 1.43. The number of hydrogen-bond donors (Lipinski definition) is 1. The van der Waals surface area contributed by atoms with E-state index in [0.717, 1.165) is 18.5 Å². The Bertz CT molecular complexity index is 639. The first-order valence-corrected chi connectivity index (χ1v) is 8.44. The van der Waals surface area contributed by atoms with Crippen LogP contribution < -0.4 is 9.46 Å². The largest absolute Gasteiger partial charge is 0.495 e. The normalized spacial score (nSPS) is 15.0. The molecule has 0 unspecified atom stereocenters. The third kappa shape index (κ3) is 4.13. The summed E-state index contributed by atoms with van der Waals surface area (Å²) in [7, 11) is -2.18. The first-order valence-electron chi connectivity index (χ1n) is 6.79. The predicted molar refractivity (Wildman–Crippen MR) is 76.7 cm³/mol. The number of methoxy groups -OCH3 is 1. The third-order valence-corrected chi connectivity index (χ3v) is 4.61. The van der Waals surface area contributed by atoms with Gasteiger partial charge in [-0.1, -0.05) is 13.8 Å². The predicted octanol–water partition coefficient (Wildman–Crippen LogP) is 1.08. The van der Waals surface area contributed by atoms with Crippen LogP contribution in [0.5, 0.6) is 5.75 Å². The molecule has 7 nitrogen and oxygen atoms in total. The molecule has 0 atom stereocenters. The molecule has 0 saturated heterocycles. The van der Waals surface area contributed by atoms with E-state index in [1.54, 1.807) is 13.8 Å². The Balaban J connectivity index is 2.16. The van der Waals surface area contributed by atoms with Gasteiger partial charge in [-0.15, -0.1) is 5.10 Å². The maximum atomic E-state index is 12.0. The van der Waals surface area contributed by atoms with E-state index in [-0.39, 0.29) is 17.4 Å². The maximum Gasteiger partial charge on any atom is 0.285 e. The van der Waals surface area contributed by atoms with Crippen LogP contribution >= 0.6 is 0 Å². The highest BCUT2D eigenvalue weighted by Crippen LogP contribution is 2.42. The number of rotatable bonds is 6. The first-order chi connectivity index (χ1) is 9.82. The van der Waals surface area contributed by atoms with Crippen molar-refractivity contribution in [3.05, 3.63) is 17.5 Å². The zero-order valence-corrected chi connectivity index (χ0v) is 13.1. The van der Waals surface area contributed by atoms with Crippen LogP contribution in [0.3, 0.4) is 0 Å². The number of amides is 1. The molecule has 1 aliphatic carbocycles. The van der Waals surface area contributed by atoms with E-state index in [2.05, 4.69) is 10.2 Å². The lowest BCUT2D eigenvalue weighted by atomic mass is 10.2. The molecule has 2 rings (SSSR count). The van der Waals surface area contributed by atoms with Gasteiger partial charge in [0.2, 0.25) is 10.0 Å². The number of ether oxygens (including phenoxy) is 1. The Morgan fingerprint density at radius 3 is 2.62 bits per heavy atom. The molecule has 1 N–H and O–H groups in total. The minimum Gasteiger partial charge on any atom is -0.495 e. The summed E-state index contributed by atoms with van der Waals surface area (Å²) in [6.45, 7) is 3.52. The lowest BCUT2D eigenvalue weighted by Crippen LogP contribution is -2.34. The molecule has 1 heterocycles. The molecule has 1 aliphatic rings. The van der Waals surface area contributed by atoms with E-state index in [1.807, 2.05) is 4.72 Å². The number of carbonyl (C=O) groups is 1. The van der Waals surface area contributed by atoms with Crippen molar-refractivity contribution in [3.63, 3.8) is 0 Å². The van der Waals surface area contributed by atoms with Crippen molar-refractivity contribution >= 4 is 15.9 Å². The molecular formula is C13H19N3O4S. The van der Waals surface area contributed by atoms with Crippen LogP contribution in [0.1, 0.15) is 48.8 Å². The van der Waals surface area contributed by atoms with Crippen molar-refractivity contribution in [1.82, 2.24) is 14.9 Å². The van der Waals surface area contributed by atoms with E-state index in [4.69, 9.17) is 4.74 Å². The van der Waals surface area contributed by atoms with Crippen LogP contribution in [0.2, 0.25) is 0 Å². The van der Waals surface area contributed by atoms with Crippen molar-refractivity contribution in [3.8, 4) is 5.75 Å². The highest BCUT2D eigenvalue weighted by molar-refractivity contribution is 7.90. The summed E-state index contributed by atoms with van der Waals surface area (Å²) in [5.41, 5.74) is 0.655. The molecule has 0 bridgehead atoms. The van der Waals surface area contributed by atoms with Crippen LogP contribution in [-0.4, -0.2) is 37.4 Å². The fourth-order valence-electron chi connectivity index (χ4n) is 1.97. The van der Waals surface area contributed by atoms with Crippen LogP contribution in [0.25, 0.3) is 0 Å². The summed E-state index contributed by atoms with van der Waals surface area (Å²) in [5.74, 6) is -0.186. The second-order valence-electron chi connectivity index (χ2n) is 5.56. The minimum atomic E-state index is -3.67. The van der Waals surface area contributed by atoms with E-state index >= 15 is 0 Å². The Morgan fingerprint density at radius 2 is 2.10 bits per heavy atom. The second-order valence-corrected chi connectivity index (χ2v) is 7.33. The molecule has 1 fully saturated rings. The molecule has 0 aliphatic heterocycles. The zero-order chi connectivity index (χ0) is 15.6. The average Bonchev–Trinajstić information content (AvgIpc) is 3.19. The monoisotopic (exact) mass is 313 g/mol. The molecule has 8 heteroatoms. The van der Waals surface area contributed by atoms with E-state index in [9.17, 15) is 13.2 Å². The van der Waals surface area contributed by atoms with E-state index in [0.29, 0.717) is 11.7 Å². The van der Waals surface area contributed by atoms with Crippen molar-refractivity contribution < 1.29 is 17.9 Å². The van der Waals surface area contributed by atoms with Gasteiger partial charge in [0.1, 0.15) is 11.4 Å². The molecule has 116 valence electrons. The molecular weight excluding hydrogens is 294 g/mol. The highest BCUT2D eigenvalue weighted by atomic mass is 32.2. The van der Waals surface area contributed by atoms with Gasteiger partial charge in [-0.3, -0.25) is 4.79 Å². The summed E-state index contributed by atoms with van der Waals surface area (Å²) in [5, 5.41) is 7.80. The molecule has 1 saturated carbocycles. The lowest BCUT2D eigenvalue weighted by molar-refractivity contribution is 0.0975. The molecule has 1 aromatic rings. The zero-order valence-electron chi connectivity index (χ0n) is 12.3. The third-order valence-electron chi connectivity index (χ3n) is 3.00. The van der Waals surface area contributed by atoms with Gasteiger partial charge in [-0.2, -0.15) is 5.10 Å². The van der Waals surface area contributed by atoms with Gasteiger partial charge >= 0.3 is 0 Å². The van der Waals surface area contributed by atoms with Crippen molar-refractivity contribution in [2.45, 2.75) is 32.6 Å². The Labute approximate surface area is 124 Å². The van der Waals surface area contributed by atoms with Crippen LogP contribution in [0, 0.1) is 5.92 Å². The maximum absolute atomic E-state index is 12.0. The van der Waals surface area contributed by atoms with E-state index in [1.165, 1.54) is 13.2 Å². The van der Waals surface area contributed by atoms with Gasteiger partial charge < -0.3 is 4.74 Å². The van der Waals surface area contributed by atoms with Crippen LogP contribution in [0.15, 0.2) is 6.07 Å². The number of carbonyl (C=O) groups excluding carboxylic acids is 1. The summed E-state index contributed by atoms with van der Waals surface area (Å²) >= 11 is 0. The molecule has 0 aromatic carbocycles. The highest BCUT2D eigenvalue weighted by Gasteiger charge is 2.30. The summed E-state index contributed by atoms with van der Waals surface area (Å²) in [4.78, 5) is 12.0. The van der Waals surface area contributed by atoms with Gasteiger partial charge in [0, 0.05) is 12.0 Å². The molecule has 0 radical (unpaired) electrons. The Hall–Kier alpha value is -1.70. The fraction of sp³-hybridized carbons (Fsp3) is 0.615. The molecule has 1 aromatic heterocycles. The Kier molecular flexibility index (Phi) is 4.46. The molecule has 0 spiro atoms. The van der Waals surface area contributed by atoms with Gasteiger partial charge in [0.25, 0.3) is 5.91 Å². The summed E-state index contributed by atoms with van der Waals surface area (Å²) < 4.78 is 30.7. The lowest BCUT2D eigenvalue weighted by Gasteiger charge is -2.10. The van der Waals surface area contributed by atoms with Crippen LogP contribution in [-0.2, 0) is 10.0 Å². The Morgan fingerprint density at radius 1 is 1.43 bits per heavy atom. The van der Waals surface area contributed by atoms with Gasteiger partial charge in [-0.05, 0) is 18.8 Å². The quantitative estimate of drug-likeness (QED) is 0.844. The smallest absolute Gasteiger partial charge is 0.285 e. The number of aromatic nitrogens is 2. The minimum absolute atomic E-state index is 0.0661. The van der Waals surface area contributed by atoms with Gasteiger partial charge in [0.05, 0.1) is 12.9 Å². The number of nitrogens with one attached hydrogen (secondary N) is 1. The average molecular weight is 313 g/mol. The fourth-order valence-corrected chi connectivity index (χ4v) is 3.32. The number of nitrogens with zero attached hydrogens (tertiary/aromatic N) is 2. The van der Waals surface area contributed by atoms with Crippen molar-refractivity contribution in [2.24, 2.45) is 5.92 Å². The van der Waals surface area contributed by atoms with Crippen molar-refractivity contribution in [1.29, 1.82) is 0 Å². The first kappa shape index (κ1) is 15.7. The number of hydrogen-bond acceptors (Lipinski definition) is 6. The van der Waals surface area contributed by atoms with Crippen LogP contribution in [0.4, 0.5) is 0 Å². The molecule has 1 amide bonds. The van der Waals surface area contributed by atoms with E-state index < -0.39 is 15.9 Å². The SMILES string of the molecule is COc1cc(C(=O)NS(=O)(=O)CC(C)C)nnc1C1CC1. The number of sulfonamides is 1. The topological polar surface area (TPSA) is 98.2 Å². The standard InChI is InChI=1S/C13H19N3O4S/c1-8(2)7-21(18,19)16-13(17)10-6-11(20-3)12(15-14-10)9-4-5-9/h6,8-9H,4-5,7H2,1-3H3,(H,16,17). The van der Waals surface area contributed by atoms with Gasteiger partial charge in [-0.25, -0.2) is 13.1 Å². The van der Waals surface area contributed by atoms with Crippen molar-refractivity contribution in [2.75, 3.05) is 12.9 Å².